The average molecular weight is 231 g/mol. The van der Waals surface area contributed by atoms with Gasteiger partial charge in [-0.25, -0.2) is 4.98 Å². The molecule has 0 spiro atoms. The summed E-state index contributed by atoms with van der Waals surface area (Å²) in [5.41, 5.74) is 3.08. The van der Waals surface area contributed by atoms with Crippen LogP contribution in [0.3, 0.4) is 0 Å². The van der Waals surface area contributed by atoms with Crippen molar-refractivity contribution >= 4 is 12.2 Å². The van der Waals surface area contributed by atoms with Crippen LogP contribution in [-0.4, -0.2) is 15.0 Å². The van der Waals surface area contributed by atoms with E-state index in [-0.39, 0.29) is 0 Å². The number of hydrogen-bond donors (Lipinski definition) is 1. The smallest absolute Gasteiger partial charge is 0.157 e. The molecule has 0 saturated carbocycles. The van der Waals surface area contributed by atoms with Crippen LogP contribution in [0.5, 0.6) is 0 Å². The molecule has 0 aromatic carbocycles. The molecule has 0 unspecified atom stereocenters. The van der Waals surface area contributed by atoms with E-state index in [1.54, 1.807) is 6.20 Å². The number of aromatic nitrogens is 3. The van der Waals surface area contributed by atoms with Gasteiger partial charge in [-0.2, -0.15) is 0 Å². The predicted octanol–water partition coefficient (Wildman–Crippen LogP) is 3.07. The van der Waals surface area contributed by atoms with Crippen molar-refractivity contribution in [3.63, 3.8) is 0 Å². The fourth-order valence-corrected chi connectivity index (χ4v) is 1.72. The van der Waals surface area contributed by atoms with Crippen LogP contribution in [0.4, 0.5) is 0 Å². The van der Waals surface area contributed by atoms with E-state index in [0.29, 0.717) is 4.64 Å². The summed E-state index contributed by atoms with van der Waals surface area (Å²) in [5, 5.41) is 0. The largest absolute Gasteiger partial charge is 0.342 e. The number of rotatable bonds is 2. The molecule has 0 saturated heterocycles. The van der Waals surface area contributed by atoms with Crippen LogP contribution in [0.15, 0.2) is 24.4 Å². The Balaban J connectivity index is 2.55. The third kappa shape index (κ3) is 2.33. The number of H-pyrrole nitrogens is 1. The van der Waals surface area contributed by atoms with Crippen LogP contribution in [-0.2, 0) is 6.42 Å². The highest BCUT2D eigenvalue weighted by Crippen LogP contribution is 2.13. The van der Waals surface area contributed by atoms with Crippen molar-refractivity contribution in [2.75, 3.05) is 0 Å². The second-order valence-electron chi connectivity index (χ2n) is 3.67. The fraction of sp³-hybridized carbons (Fsp3) is 0.250. The zero-order valence-corrected chi connectivity index (χ0v) is 10.1. The molecule has 16 heavy (non-hydrogen) atoms. The number of nitrogens with zero attached hydrogens (tertiary/aromatic N) is 2. The number of nitrogens with one attached hydrogen (secondary N) is 1. The van der Waals surface area contributed by atoms with Gasteiger partial charge in [0.05, 0.1) is 0 Å². The van der Waals surface area contributed by atoms with E-state index in [4.69, 9.17) is 12.2 Å². The average Bonchev–Trinajstić information content (AvgIpc) is 2.28. The summed E-state index contributed by atoms with van der Waals surface area (Å²) in [6.07, 6.45) is 2.69. The predicted molar refractivity (Wildman–Crippen MR) is 66.8 cm³/mol. The molecule has 2 rings (SSSR count). The van der Waals surface area contributed by atoms with E-state index in [2.05, 4.69) is 21.9 Å². The van der Waals surface area contributed by atoms with E-state index in [9.17, 15) is 0 Å². The van der Waals surface area contributed by atoms with Gasteiger partial charge < -0.3 is 4.98 Å². The van der Waals surface area contributed by atoms with Gasteiger partial charge in [-0.1, -0.05) is 19.1 Å². The van der Waals surface area contributed by atoms with Gasteiger partial charge in [0.15, 0.2) is 5.82 Å². The highest BCUT2D eigenvalue weighted by molar-refractivity contribution is 7.71. The lowest BCUT2D eigenvalue weighted by molar-refractivity contribution is 0.991. The molecule has 0 amide bonds. The molecule has 0 aliphatic carbocycles. The third-order valence-electron chi connectivity index (χ3n) is 2.34. The fourth-order valence-electron chi connectivity index (χ4n) is 1.49. The van der Waals surface area contributed by atoms with Gasteiger partial charge in [0.2, 0.25) is 0 Å². The summed E-state index contributed by atoms with van der Waals surface area (Å²) in [5.74, 6) is 0.744. The molecule has 0 atom stereocenters. The molecule has 1 N–H and O–H groups in total. The molecular weight excluding hydrogens is 218 g/mol. The number of aromatic amines is 1. The van der Waals surface area contributed by atoms with Crippen LogP contribution in [0.2, 0.25) is 0 Å². The zero-order valence-electron chi connectivity index (χ0n) is 9.32. The summed E-state index contributed by atoms with van der Waals surface area (Å²) in [7, 11) is 0. The maximum Gasteiger partial charge on any atom is 0.157 e. The van der Waals surface area contributed by atoms with Crippen molar-refractivity contribution in [3.8, 4) is 11.5 Å². The lowest BCUT2D eigenvalue weighted by Crippen LogP contribution is -1.96. The van der Waals surface area contributed by atoms with Crippen molar-refractivity contribution in [1.82, 2.24) is 15.0 Å². The van der Waals surface area contributed by atoms with Crippen molar-refractivity contribution in [2.45, 2.75) is 20.3 Å². The lowest BCUT2D eigenvalue weighted by Gasteiger charge is -2.04. The molecule has 0 radical (unpaired) electrons. The second kappa shape index (κ2) is 4.53. The summed E-state index contributed by atoms with van der Waals surface area (Å²) in [6, 6.07) is 5.84. The molecule has 4 heteroatoms. The Morgan fingerprint density at radius 1 is 1.38 bits per heavy atom. The lowest BCUT2D eigenvalue weighted by atomic mass is 10.2. The van der Waals surface area contributed by atoms with Crippen molar-refractivity contribution in [3.05, 3.63) is 40.3 Å². The molecular formula is C12H13N3S. The highest BCUT2D eigenvalue weighted by atomic mass is 32.1. The summed E-state index contributed by atoms with van der Waals surface area (Å²) < 4.78 is 0.605. The van der Waals surface area contributed by atoms with Gasteiger partial charge >= 0.3 is 0 Å². The molecule has 0 aliphatic rings. The normalized spacial score (nSPS) is 10.4. The minimum Gasteiger partial charge on any atom is -0.342 e. The topological polar surface area (TPSA) is 41.6 Å². The molecule has 0 aliphatic heterocycles. The molecule has 82 valence electrons. The van der Waals surface area contributed by atoms with Gasteiger partial charge in [0.1, 0.15) is 10.3 Å². The minimum atomic E-state index is 0.605. The van der Waals surface area contributed by atoms with E-state index in [1.807, 2.05) is 25.1 Å². The summed E-state index contributed by atoms with van der Waals surface area (Å²) in [6.45, 7) is 4.11. The Morgan fingerprint density at radius 2 is 2.19 bits per heavy atom. The molecule has 0 bridgehead atoms. The van der Waals surface area contributed by atoms with Crippen LogP contribution in [0, 0.1) is 11.6 Å². The monoisotopic (exact) mass is 231 g/mol. The van der Waals surface area contributed by atoms with Gasteiger partial charge in [0.25, 0.3) is 0 Å². The van der Waals surface area contributed by atoms with Crippen LogP contribution in [0.1, 0.15) is 18.2 Å². The van der Waals surface area contributed by atoms with Gasteiger partial charge in [-0.05, 0) is 37.1 Å². The first-order valence-corrected chi connectivity index (χ1v) is 5.63. The second-order valence-corrected chi connectivity index (χ2v) is 4.08. The maximum atomic E-state index is 5.13. The first-order chi connectivity index (χ1) is 7.69. The Morgan fingerprint density at radius 3 is 2.88 bits per heavy atom. The molecule has 2 aromatic rings. The SMILES string of the molecule is CCc1cc(=S)nc(-c2cc(C)ccn2)[nH]1. The Hall–Kier alpha value is -1.55. The van der Waals surface area contributed by atoms with Crippen LogP contribution in [0.25, 0.3) is 11.5 Å². The van der Waals surface area contributed by atoms with E-state index < -0.39 is 0 Å². The number of hydrogen-bond acceptors (Lipinski definition) is 3. The molecule has 2 heterocycles. The number of aryl methyl sites for hydroxylation is 2. The number of pyridine rings is 1. The van der Waals surface area contributed by atoms with E-state index in [0.717, 1.165) is 29.2 Å². The van der Waals surface area contributed by atoms with E-state index >= 15 is 0 Å². The Kier molecular flexibility index (Phi) is 3.10. The van der Waals surface area contributed by atoms with Gasteiger partial charge in [-0.15, -0.1) is 0 Å². The van der Waals surface area contributed by atoms with Crippen molar-refractivity contribution in [2.24, 2.45) is 0 Å². The zero-order chi connectivity index (χ0) is 11.5. The molecule has 3 nitrogen and oxygen atoms in total. The van der Waals surface area contributed by atoms with Gasteiger partial charge in [-0.3, -0.25) is 4.98 Å². The third-order valence-corrected chi connectivity index (χ3v) is 2.55. The van der Waals surface area contributed by atoms with Gasteiger partial charge in [0, 0.05) is 11.9 Å². The highest BCUT2D eigenvalue weighted by Gasteiger charge is 2.02. The van der Waals surface area contributed by atoms with Crippen LogP contribution >= 0.6 is 12.2 Å². The Labute approximate surface area is 99.6 Å². The first-order valence-electron chi connectivity index (χ1n) is 5.22. The molecule has 0 fully saturated rings. The maximum absolute atomic E-state index is 5.13. The van der Waals surface area contributed by atoms with Crippen molar-refractivity contribution in [1.29, 1.82) is 0 Å². The minimum absolute atomic E-state index is 0.605. The van der Waals surface area contributed by atoms with E-state index in [1.165, 1.54) is 0 Å². The summed E-state index contributed by atoms with van der Waals surface area (Å²) in [4.78, 5) is 11.8. The quantitative estimate of drug-likeness (QED) is 0.808. The standard InChI is InChI=1S/C12H13N3S/c1-3-9-7-11(16)15-12(14-9)10-6-8(2)4-5-13-10/h4-7H,3H2,1-2H3,(H,14,15,16). The Bertz CT molecular complexity index is 560. The first kappa shape index (κ1) is 11.0. The van der Waals surface area contributed by atoms with Crippen LogP contribution < -0.4 is 0 Å². The summed E-state index contributed by atoms with van der Waals surface area (Å²) >= 11 is 5.13. The molecule has 2 aromatic heterocycles. The van der Waals surface area contributed by atoms with Crippen molar-refractivity contribution < 1.29 is 0 Å².